The summed E-state index contributed by atoms with van der Waals surface area (Å²) in [5.74, 6) is 1.02. The lowest BCUT2D eigenvalue weighted by atomic mass is 10.2. The molecule has 2 aromatic heterocycles. The topological polar surface area (TPSA) is 34.9 Å². The third-order valence-corrected chi connectivity index (χ3v) is 4.73. The summed E-state index contributed by atoms with van der Waals surface area (Å²) in [5, 5.41) is 0. The van der Waals surface area contributed by atoms with Crippen molar-refractivity contribution in [2.75, 3.05) is 0 Å². The van der Waals surface area contributed by atoms with Gasteiger partial charge in [-0.2, -0.15) is 0 Å². The van der Waals surface area contributed by atoms with Gasteiger partial charge in [0.2, 0.25) is 0 Å². The number of carbonyl (C=O) groups is 1. The minimum Gasteiger partial charge on any atom is -0.327 e. The molecule has 0 atom stereocenters. The van der Waals surface area contributed by atoms with Crippen LogP contribution in [0.15, 0.2) is 26.0 Å². The van der Waals surface area contributed by atoms with E-state index in [0.717, 1.165) is 25.4 Å². The first-order valence-corrected chi connectivity index (χ1v) is 7.50. The molecule has 0 aliphatic rings. The van der Waals surface area contributed by atoms with E-state index in [4.69, 9.17) is 0 Å². The highest BCUT2D eigenvalue weighted by Crippen LogP contribution is 2.32. The number of aromatic nitrogens is 2. The molecule has 0 radical (unpaired) electrons. The van der Waals surface area contributed by atoms with Gasteiger partial charge in [0.15, 0.2) is 5.78 Å². The lowest BCUT2D eigenvalue weighted by Gasteiger charge is -2.04. The van der Waals surface area contributed by atoms with Crippen molar-refractivity contribution in [3.63, 3.8) is 0 Å². The maximum atomic E-state index is 12.1. The van der Waals surface area contributed by atoms with Gasteiger partial charge in [0, 0.05) is 24.4 Å². The zero-order valence-electron chi connectivity index (χ0n) is 9.11. The molecule has 0 unspecified atom stereocenters. The SMILES string of the molecule is CCc1nccn1CC(=O)c1cc(Br)sc1Br. The third-order valence-electron chi connectivity index (χ3n) is 2.39. The Hall–Kier alpha value is -0.460. The summed E-state index contributed by atoms with van der Waals surface area (Å²) in [6, 6.07) is 1.85. The zero-order chi connectivity index (χ0) is 12.4. The quantitative estimate of drug-likeness (QED) is 0.757. The van der Waals surface area contributed by atoms with Crippen LogP contribution in [0.2, 0.25) is 0 Å². The smallest absolute Gasteiger partial charge is 0.184 e. The Bertz CT molecular complexity index is 547. The summed E-state index contributed by atoms with van der Waals surface area (Å²) < 4.78 is 3.71. The Labute approximate surface area is 120 Å². The van der Waals surface area contributed by atoms with Gasteiger partial charge in [-0.3, -0.25) is 4.79 Å². The fraction of sp³-hybridized carbons (Fsp3) is 0.273. The van der Waals surface area contributed by atoms with Gasteiger partial charge >= 0.3 is 0 Å². The van der Waals surface area contributed by atoms with Gasteiger partial charge in [-0.25, -0.2) is 4.98 Å². The minimum atomic E-state index is 0.0894. The number of carbonyl (C=O) groups excluding carboxylic acids is 1. The molecular formula is C11H10Br2N2OS. The van der Waals surface area contributed by atoms with E-state index in [1.54, 1.807) is 6.20 Å². The number of hydrogen-bond donors (Lipinski definition) is 0. The summed E-state index contributed by atoms with van der Waals surface area (Å²) in [5.41, 5.74) is 0.720. The molecule has 0 fully saturated rings. The number of halogens is 2. The lowest BCUT2D eigenvalue weighted by molar-refractivity contribution is 0.0971. The second kappa shape index (κ2) is 5.46. The van der Waals surface area contributed by atoms with Crippen molar-refractivity contribution in [1.82, 2.24) is 9.55 Å². The Kier molecular flexibility index (Phi) is 4.17. The van der Waals surface area contributed by atoms with Gasteiger partial charge in [0.1, 0.15) is 5.82 Å². The highest BCUT2D eigenvalue weighted by atomic mass is 79.9. The van der Waals surface area contributed by atoms with Crippen LogP contribution < -0.4 is 0 Å². The maximum absolute atomic E-state index is 12.1. The number of thiophene rings is 1. The van der Waals surface area contributed by atoms with Crippen LogP contribution in [-0.2, 0) is 13.0 Å². The first-order valence-electron chi connectivity index (χ1n) is 5.10. The van der Waals surface area contributed by atoms with Crippen LogP contribution in [0.3, 0.4) is 0 Å². The van der Waals surface area contributed by atoms with E-state index < -0.39 is 0 Å². The average molecular weight is 378 g/mol. The number of imidazole rings is 1. The van der Waals surface area contributed by atoms with Crippen LogP contribution in [-0.4, -0.2) is 15.3 Å². The first kappa shape index (κ1) is 13.0. The Morgan fingerprint density at radius 3 is 2.88 bits per heavy atom. The van der Waals surface area contributed by atoms with E-state index >= 15 is 0 Å². The van der Waals surface area contributed by atoms with Gasteiger partial charge in [0.25, 0.3) is 0 Å². The highest BCUT2D eigenvalue weighted by Gasteiger charge is 2.15. The lowest BCUT2D eigenvalue weighted by Crippen LogP contribution is -2.11. The van der Waals surface area contributed by atoms with E-state index in [9.17, 15) is 4.79 Å². The number of ketones is 1. The molecule has 0 N–H and O–H groups in total. The summed E-state index contributed by atoms with van der Waals surface area (Å²) in [6.45, 7) is 2.37. The molecule has 0 aliphatic heterocycles. The van der Waals surface area contributed by atoms with Crippen LogP contribution in [0.25, 0.3) is 0 Å². The van der Waals surface area contributed by atoms with Crippen molar-refractivity contribution < 1.29 is 4.79 Å². The largest absolute Gasteiger partial charge is 0.327 e. The predicted molar refractivity (Wildman–Crippen MR) is 75.7 cm³/mol. The van der Waals surface area contributed by atoms with Crippen LogP contribution in [0.1, 0.15) is 23.1 Å². The number of aryl methyl sites for hydroxylation is 1. The Morgan fingerprint density at radius 1 is 1.53 bits per heavy atom. The maximum Gasteiger partial charge on any atom is 0.184 e. The standard InChI is InChI=1S/C11H10Br2N2OS/c1-2-10-14-3-4-15(10)6-8(16)7-5-9(12)17-11(7)13/h3-5H,2,6H2,1H3. The third kappa shape index (κ3) is 2.86. The fourth-order valence-electron chi connectivity index (χ4n) is 1.57. The van der Waals surface area contributed by atoms with E-state index in [1.807, 2.05) is 23.8 Å². The number of rotatable bonds is 4. The summed E-state index contributed by atoms with van der Waals surface area (Å²) in [7, 11) is 0. The van der Waals surface area contributed by atoms with E-state index in [0.29, 0.717) is 6.54 Å². The Morgan fingerprint density at radius 2 is 2.29 bits per heavy atom. The Balaban J connectivity index is 2.20. The average Bonchev–Trinajstić information content (AvgIpc) is 2.84. The zero-order valence-corrected chi connectivity index (χ0v) is 13.1. The van der Waals surface area contributed by atoms with Crippen LogP contribution in [0.5, 0.6) is 0 Å². The minimum absolute atomic E-state index is 0.0894. The van der Waals surface area contributed by atoms with Crippen molar-refractivity contribution in [1.29, 1.82) is 0 Å². The summed E-state index contributed by atoms with van der Waals surface area (Å²) in [6.07, 6.45) is 4.39. The molecule has 0 aliphatic carbocycles. The number of hydrogen-bond acceptors (Lipinski definition) is 3. The number of Topliss-reactive ketones (excluding diaryl/α,β-unsaturated/α-hetero) is 1. The molecule has 0 saturated carbocycles. The fourth-order valence-corrected chi connectivity index (χ4v) is 4.42. The molecular weight excluding hydrogens is 368 g/mol. The molecule has 2 aromatic rings. The predicted octanol–water partition coefficient (Wildman–Crippen LogP) is 3.91. The normalized spacial score (nSPS) is 10.8. The van der Waals surface area contributed by atoms with Crippen molar-refractivity contribution in [3.8, 4) is 0 Å². The molecule has 90 valence electrons. The van der Waals surface area contributed by atoms with E-state index in [1.165, 1.54) is 11.3 Å². The first-order chi connectivity index (χ1) is 8.11. The van der Waals surface area contributed by atoms with Gasteiger partial charge in [-0.15, -0.1) is 11.3 Å². The molecule has 6 heteroatoms. The molecule has 0 amide bonds. The van der Waals surface area contributed by atoms with Gasteiger partial charge < -0.3 is 4.57 Å². The molecule has 17 heavy (non-hydrogen) atoms. The molecule has 0 bridgehead atoms. The van der Waals surface area contributed by atoms with Crippen LogP contribution >= 0.6 is 43.2 Å². The number of nitrogens with zero attached hydrogens (tertiary/aromatic N) is 2. The molecule has 0 saturated heterocycles. The van der Waals surface area contributed by atoms with E-state index in [2.05, 4.69) is 36.8 Å². The summed E-state index contributed by atoms with van der Waals surface area (Å²) in [4.78, 5) is 16.3. The second-order valence-corrected chi connectivity index (χ2v) is 7.24. The second-order valence-electron chi connectivity index (χ2n) is 3.49. The molecule has 0 aromatic carbocycles. The summed E-state index contributed by atoms with van der Waals surface area (Å²) >= 11 is 8.28. The highest BCUT2D eigenvalue weighted by molar-refractivity contribution is 9.12. The monoisotopic (exact) mass is 376 g/mol. The van der Waals surface area contributed by atoms with Crippen molar-refractivity contribution in [2.45, 2.75) is 19.9 Å². The van der Waals surface area contributed by atoms with Crippen molar-refractivity contribution in [2.24, 2.45) is 0 Å². The van der Waals surface area contributed by atoms with Gasteiger partial charge in [-0.1, -0.05) is 6.92 Å². The van der Waals surface area contributed by atoms with Crippen LogP contribution in [0.4, 0.5) is 0 Å². The molecule has 0 spiro atoms. The van der Waals surface area contributed by atoms with Crippen molar-refractivity contribution in [3.05, 3.63) is 37.4 Å². The van der Waals surface area contributed by atoms with E-state index in [-0.39, 0.29) is 5.78 Å². The van der Waals surface area contributed by atoms with Crippen LogP contribution in [0, 0.1) is 0 Å². The molecule has 2 heterocycles. The van der Waals surface area contributed by atoms with Gasteiger partial charge in [0.05, 0.1) is 14.1 Å². The molecule has 2 rings (SSSR count). The van der Waals surface area contributed by atoms with Gasteiger partial charge in [-0.05, 0) is 37.9 Å². The van der Waals surface area contributed by atoms with Crippen molar-refractivity contribution >= 4 is 49.0 Å². The molecule has 3 nitrogen and oxygen atoms in total.